The number of hydrogen-bond donors (Lipinski definition) is 0. The maximum atomic E-state index is 12.9. The van der Waals surface area contributed by atoms with E-state index in [9.17, 15) is 14.9 Å². The Bertz CT molecular complexity index is 1130. The van der Waals surface area contributed by atoms with Gasteiger partial charge in [0.2, 0.25) is 11.8 Å². The Kier molecular flexibility index (Phi) is 5.34. The number of carbonyl (C=O) groups is 2. The van der Waals surface area contributed by atoms with Crippen molar-refractivity contribution in [2.75, 3.05) is 4.90 Å². The van der Waals surface area contributed by atoms with Crippen LogP contribution in [-0.4, -0.2) is 22.0 Å². The first kappa shape index (κ1) is 19.2. The highest BCUT2D eigenvalue weighted by atomic mass is 35.5. The van der Waals surface area contributed by atoms with E-state index in [0.29, 0.717) is 27.0 Å². The van der Waals surface area contributed by atoms with Gasteiger partial charge in [-0.1, -0.05) is 53.7 Å². The van der Waals surface area contributed by atoms with E-state index in [-0.39, 0.29) is 18.2 Å². The smallest absolute Gasteiger partial charge is 0.247 e. The lowest BCUT2D eigenvalue weighted by Gasteiger charge is -2.15. The van der Waals surface area contributed by atoms with Gasteiger partial charge in [0.05, 0.1) is 22.2 Å². The third-order valence-corrected chi connectivity index (χ3v) is 5.93. The third-order valence-electron chi connectivity index (χ3n) is 4.49. The molecule has 5 nitrogen and oxygen atoms in total. The van der Waals surface area contributed by atoms with E-state index in [1.165, 1.54) is 4.90 Å². The maximum absolute atomic E-state index is 12.9. The fraction of sp³-hybridized carbons (Fsp3) is 0.0909. The lowest BCUT2D eigenvalue weighted by atomic mass is 10.1. The Hall–Kier alpha value is -3.14. The van der Waals surface area contributed by atoms with Crippen molar-refractivity contribution in [2.45, 2.75) is 16.7 Å². The quantitative estimate of drug-likeness (QED) is 0.573. The molecule has 1 saturated heterocycles. The summed E-state index contributed by atoms with van der Waals surface area (Å²) in [5.41, 5.74) is 2.48. The van der Waals surface area contributed by atoms with E-state index in [1.54, 1.807) is 36.4 Å². The predicted octanol–water partition coefficient (Wildman–Crippen LogP) is 4.70. The molecule has 2 amide bonds. The van der Waals surface area contributed by atoms with Gasteiger partial charge in [0.1, 0.15) is 11.1 Å². The molecule has 1 aliphatic heterocycles. The van der Waals surface area contributed by atoms with Crippen molar-refractivity contribution in [3.8, 4) is 17.3 Å². The summed E-state index contributed by atoms with van der Waals surface area (Å²) in [6, 6.07) is 21.7. The minimum absolute atomic E-state index is 0.0498. The van der Waals surface area contributed by atoms with Crippen molar-refractivity contribution >= 4 is 40.9 Å². The second-order valence-corrected chi connectivity index (χ2v) is 8.01. The Balaban J connectivity index is 1.62. The first-order valence-electron chi connectivity index (χ1n) is 8.82. The molecule has 29 heavy (non-hydrogen) atoms. The lowest BCUT2D eigenvalue weighted by molar-refractivity contribution is -0.121. The minimum Gasteiger partial charge on any atom is -0.274 e. The zero-order chi connectivity index (χ0) is 20.4. The summed E-state index contributed by atoms with van der Waals surface area (Å²) in [5.74, 6) is -0.606. The molecule has 1 atom stereocenters. The highest BCUT2D eigenvalue weighted by Gasteiger charge is 2.40. The van der Waals surface area contributed by atoms with Gasteiger partial charge in [0.25, 0.3) is 0 Å². The van der Waals surface area contributed by atoms with Crippen LogP contribution in [0.4, 0.5) is 5.69 Å². The zero-order valence-electron chi connectivity index (χ0n) is 15.1. The fourth-order valence-corrected chi connectivity index (χ4v) is 4.30. The summed E-state index contributed by atoms with van der Waals surface area (Å²) >= 11 is 7.05. The largest absolute Gasteiger partial charge is 0.274 e. The number of rotatable bonds is 4. The van der Waals surface area contributed by atoms with E-state index in [4.69, 9.17) is 11.6 Å². The number of amides is 2. The molecular formula is C22H14ClN3O2S. The number of nitriles is 1. The highest BCUT2D eigenvalue weighted by Crippen LogP contribution is 2.35. The lowest BCUT2D eigenvalue weighted by Crippen LogP contribution is -2.31. The second kappa shape index (κ2) is 8.08. The molecule has 2 aromatic carbocycles. The van der Waals surface area contributed by atoms with E-state index in [1.807, 2.05) is 30.3 Å². The molecule has 3 aromatic rings. The molecule has 0 aliphatic carbocycles. The van der Waals surface area contributed by atoms with Gasteiger partial charge in [-0.2, -0.15) is 5.26 Å². The maximum Gasteiger partial charge on any atom is 0.247 e. The van der Waals surface area contributed by atoms with Crippen molar-refractivity contribution < 1.29 is 9.59 Å². The molecule has 2 heterocycles. The molecule has 0 spiro atoms. The summed E-state index contributed by atoms with van der Waals surface area (Å²) in [4.78, 5) is 31.1. The van der Waals surface area contributed by atoms with Crippen LogP contribution in [-0.2, 0) is 9.59 Å². The number of aromatic nitrogens is 1. The average Bonchev–Trinajstić information content (AvgIpc) is 3.02. The monoisotopic (exact) mass is 419 g/mol. The normalized spacial score (nSPS) is 16.1. The summed E-state index contributed by atoms with van der Waals surface area (Å²) in [6.45, 7) is 0. The number of anilines is 1. The van der Waals surface area contributed by atoms with Crippen molar-refractivity contribution in [2.24, 2.45) is 0 Å². The highest BCUT2D eigenvalue weighted by molar-refractivity contribution is 8.00. The molecule has 4 rings (SSSR count). The summed E-state index contributed by atoms with van der Waals surface area (Å²) in [7, 11) is 0. The number of imide groups is 1. The van der Waals surface area contributed by atoms with Gasteiger partial charge in [-0.3, -0.25) is 9.59 Å². The number of thioether (sulfide) groups is 1. The van der Waals surface area contributed by atoms with Crippen molar-refractivity contribution in [3.05, 3.63) is 77.3 Å². The van der Waals surface area contributed by atoms with Gasteiger partial charge in [-0.15, -0.1) is 0 Å². The van der Waals surface area contributed by atoms with Crippen molar-refractivity contribution in [3.63, 3.8) is 0 Å². The average molecular weight is 420 g/mol. The minimum atomic E-state index is -0.635. The predicted molar refractivity (Wildman–Crippen MR) is 113 cm³/mol. The standard InChI is InChI=1S/C22H14ClN3O2S/c23-16-7-9-17(10-8-16)26-20(27)12-19(22(26)28)29-21-15(13-24)6-11-18(25-21)14-4-2-1-3-5-14/h1-11,19H,12H2. The summed E-state index contributed by atoms with van der Waals surface area (Å²) < 4.78 is 0. The molecule has 142 valence electrons. The first-order chi connectivity index (χ1) is 14.1. The van der Waals surface area contributed by atoms with Crippen LogP contribution in [0.2, 0.25) is 5.02 Å². The number of hydrogen-bond acceptors (Lipinski definition) is 5. The van der Waals surface area contributed by atoms with Gasteiger partial charge < -0.3 is 0 Å². The molecule has 1 fully saturated rings. The number of benzene rings is 2. The van der Waals surface area contributed by atoms with Crippen LogP contribution >= 0.6 is 23.4 Å². The van der Waals surface area contributed by atoms with Gasteiger partial charge in [0.15, 0.2) is 0 Å². The zero-order valence-corrected chi connectivity index (χ0v) is 16.7. The molecule has 0 saturated carbocycles. The van der Waals surface area contributed by atoms with Crippen LogP contribution < -0.4 is 4.90 Å². The van der Waals surface area contributed by atoms with Gasteiger partial charge in [-0.05, 0) is 36.4 Å². The van der Waals surface area contributed by atoms with E-state index >= 15 is 0 Å². The number of pyridine rings is 1. The van der Waals surface area contributed by atoms with E-state index < -0.39 is 5.25 Å². The van der Waals surface area contributed by atoms with Crippen LogP contribution in [0.15, 0.2) is 71.8 Å². The number of nitrogens with zero attached hydrogens (tertiary/aromatic N) is 3. The van der Waals surface area contributed by atoms with Crippen molar-refractivity contribution in [1.82, 2.24) is 4.98 Å². The van der Waals surface area contributed by atoms with Crippen LogP contribution in [0, 0.1) is 11.3 Å². The summed E-state index contributed by atoms with van der Waals surface area (Å²) in [5, 5.41) is 9.78. The third kappa shape index (κ3) is 3.88. The van der Waals surface area contributed by atoms with Gasteiger partial charge in [0, 0.05) is 17.0 Å². The fourth-order valence-electron chi connectivity index (χ4n) is 3.08. The van der Waals surface area contributed by atoms with E-state index in [0.717, 1.165) is 17.3 Å². The molecule has 0 N–H and O–H groups in total. The molecule has 1 aliphatic rings. The van der Waals surface area contributed by atoms with Crippen LogP contribution in [0.5, 0.6) is 0 Å². The Morgan fingerprint density at radius 1 is 1.03 bits per heavy atom. The molecule has 7 heteroatoms. The molecular weight excluding hydrogens is 406 g/mol. The first-order valence-corrected chi connectivity index (χ1v) is 10.1. The molecule has 1 aromatic heterocycles. The molecule has 0 bridgehead atoms. The van der Waals surface area contributed by atoms with Gasteiger partial charge >= 0.3 is 0 Å². The van der Waals surface area contributed by atoms with Crippen molar-refractivity contribution in [1.29, 1.82) is 5.26 Å². The topological polar surface area (TPSA) is 74.1 Å². The second-order valence-electron chi connectivity index (χ2n) is 6.38. The Morgan fingerprint density at radius 3 is 2.45 bits per heavy atom. The summed E-state index contributed by atoms with van der Waals surface area (Å²) in [6.07, 6.45) is 0.0498. The molecule has 0 radical (unpaired) electrons. The Morgan fingerprint density at radius 2 is 1.76 bits per heavy atom. The molecule has 1 unspecified atom stereocenters. The van der Waals surface area contributed by atoms with Crippen LogP contribution in [0.3, 0.4) is 0 Å². The number of carbonyl (C=O) groups excluding carboxylic acids is 2. The Labute approximate surface area is 176 Å². The number of halogens is 1. The SMILES string of the molecule is N#Cc1ccc(-c2ccccc2)nc1SC1CC(=O)N(c2ccc(Cl)cc2)C1=O. The van der Waals surface area contributed by atoms with Crippen LogP contribution in [0.25, 0.3) is 11.3 Å². The van der Waals surface area contributed by atoms with E-state index in [2.05, 4.69) is 11.1 Å². The van der Waals surface area contributed by atoms with Crippen LogP contribution in [0.1, 0.15) is 12.0 Å². The van der Waals surface area contributed by atoms with Gasteiger partial charge in [-0.25, -0.2) is 9.88 Å².